The molecule has 1 N–H and O–H groups in total. The van der Waals surface area contributed by atoms with Gasteiger partial charge in [0.05, 0.1) is 13.2 Å². The van der Waals surface area contributed by atoms with Crippen LogP contribution in [0.1, 0.15) is 85.0 Å². The molecule has 2 atom stereocenters. The summed E-state index contributed by atoms with van der Waals surface area (Å²) in [5.41, 5.74) is 0. The van der Waals surface area contributed by atoms with Gasteiger partial charge in [0.1, 0.15) is 5.76 Å². The van der Waals surface area contributed by atoms with Gasteiger partial charge < -0.3 is 10.1 Å². The molecule has 1 aliphatic rings. The van der Waals surface area contributed by atoms with Crippen LogP contribution < -0.4 is 5.32 Å². The number of ether oxygens (including phenoxy) is 1. The summed E-state index contributed by atoms with van der Waals surface area (Å²) in [4.78, 5) is 38.2. The summed E-state index contributed by atoms with van der Waals surface area (Å²) >= 11 is 0. The Labute approximate surface area is 170 Å². The summed E-state index contributed by atoms with van der Waals surface area (Å²) < 4.78 is 5.34. The minimum atomic E-state index is -0.314. The topological polar surface area (TPSA) is 75.7 Å². The Morgan fingerprint density at radius 1 is 1.14 bits per heavy atom. The van der Waals surface area contributed by atoms with Crippen LogP contribution in [-0.4, -0.2) is 42.3 Å². The first-order valence-electron chi connectivity index (χ1n) is 10.9. The van der Waals surface area contributed by atoms with Crippen molar-refractivity contribution in [3.8, 4) is 0 Å². The maximum absolute atomic E-state index is 12.5. The largest absolute Gasteiger partial charge is 0.499 e. The van der Waals surface area contributed by atoms with E-state index < -0.39 is 0 Å². The van der Waals surface area contributed by atoms with Gasteiger partial charge in [-0.2, -0.15) is 0 Å². The number of carbonyl (C=O) groups is 3. The molecule has 0 saturated carbocycles. The van der Waals surface area contributed by atoms with E-state index in [1.54, 1.807) is 0 Å². The average Bonchev–Trinajstić information content (AvgIpc) is 3.01. The van der Waals surface area contributed by atoms with Crippen LogP contribution in [-0.2, 0) is 19.1 Å². The fraction of sp³-hybridized carbons (Fsp3) is 0.773. The SMILES string of the molecule is CCCCCC(=O)N1C(=O)C=C(OC)C1CCCCNC(=O)C(C)CCCC. The Hall–Kier alpha value is -1.85. The van der Waals surface area contributed by atoms with Crippen molar-refractivity contribution >= 4 is 17.7 Å². The Bertz CT molecular complexity index is 545. The number of carbonyl (C=O) groups excluding carboxylic acids is 3. The lowest BCUT2D eigenvalue weighted by molar-refractivity contribution is -0.143. The van der Waals surface area contributed by atoms with Gasteiger partial charge in [0, 0.05) is 25.0 Å². The zero-order valence-corrected chi connectivity index (χ0v) is 18.1. The van der Waals surface area contributed by atoms with Crippen molar-refractivity contribution in [3.63, 3.8) is 0 Å². The van der Waals surface area contributed by atoms with Gasteiger partial charge in [0.15, 0.2) is 0 Å². The van der Waals surface area contributed by atoms with Gasteiger partial charge >= 0.3 is 0 Å². The van der Waals surface area contributed by atoms with E-state index in [1.165, 1.54) is 18.1 Å². The van der Waals surface area contributed by atoms with Crippen LogP contribution in [0.15, 0.2) is 11.8 Å². The zero-order valence-electron chi connectivity index (χ0n) is 18.1. The molecule has 1 aliphatic heterocycles. The summed E-state index contributed by atoms with van der Waals surface area (Å²) in [6, 6.07) is -0.314. The molecule has 2 unspecified atom stereocenters. The molecule has 0 fully saturated rings. The third kappa shape index (κ3) is 7.64. The van der Waals surface area contributed by atoms with Crippen LogP contribution in [0.3, 0.4) is 0 Å². The molecular formula is C22H38N2O4. The van der Waals surface area contributed by atoms with Gasteiger partial charge in [-0.25, -0.2) is 0 Å². The van der Waals surface area contributed by atoms with Gasteiger partial charge in [-0.05, 0) is 32.1 Å². The molecule has 0 aliphatic carbocycles. The van der Waals surface area contributed by atoms with E-state index in [4.69, 9.17) is 4.74 Å². The summed E-state index contributed by atoms with van der Waals surface area (Å²) in [5, 5.41) is 2.99. The van der Waals surface area contributed by atoms with Crippen LogP contribution in [0.25, 0.3) is 0 Å². The summed E-state index contributed by atoms with van der Waals surface area (Å²) in [7, 11) is 1.54. The normalized spacial score (nSPS) is 17.4. The second-order valence-electron chi connectivity index (χ2n) is 7.66. The predicted octanol–water partition coefficient (Wildman–Crippen LogP) is 3.95. The fourth-order valence-electron chi connectivity index (χ4n) is 3.47. The Morgan fingerprint density at radius 2 is 1.86 bits per heavy atom. The highest BCUT2D eigenvalue weighted by atomic mass is 16.5. The number of nitrogens with one attached hydrogen (secondary N) is 1. The van der Waals surface area contributed by atoms with Gasteiger partial charge in [0.25, 0.3) is 5.91 Å². The van der Waals surface area contributed by atoms with Crippen molar-refractivity contribution in [2.45, 2.75) is 91.0 Å². The van der Waals surface area contributed by atoms with E-state index in [0.717, 1.165) is 51.4 Å². The summed E-state index contributed by atoms with van der Waals surface area (Å²) in [6.07, 6.45) is 10.0. The Morgan fingerprint density at radius 3 is 2.50 bits per heavy atom. The molecule has 0 saturated heterocycles. The minimum absolute atomic E-state index is 0.0478. The Kier molecular flexibility index (Phi) is 11.5. The van der Waals surface area contributed by atoms with Crippen molar-refractivity contribution in [3.05, 3.63) is 11.8 Å². The molecule has 6 heteroatoms. The summed E-state index contributed by atoms with van der Waals surface area (Å²) in [6.45, 7) is 6.79. The predicted molar refractivity (Wildman–Crippen MR) is 110 cm³/mol. The van der Waals surface area contributed by atoms with Crippen LogP contribution in [0, 0.1) is 5.92 Å². The molecule has 3 amide bonds. The number of methoxy groups -OCH3 is 1. The molecule has 0 aromatic rings. The average molecular weight is 395 g/mol. The monoisotopic (exact) mass is 394 g/mol. The van der Waals surface area contributed by atoms with Crippen molar-refractivity contribution in [1.29, 1.82) is 0 Å². The first kappa shape index (κ1) is 24.2. The van der Waals surface area contributed by atoms with Crippen LogP contribution >= 0.6 is 0 Å². The highest BCUT2D eigenvalue weighted by molar-refractivity contribution is 6.04. The smallest absolute Gasteiger partial charge is 0.257 e. The van der Waals surface area contributed by atoms with Gasteiger partial charge in [-0.3, -0.25) is 19.3 Å². The number of imide groups is 1. The molecule has 1 heterocycles. The quantitative estimate of drug-likeness (QED) is 0.453. The van der Waals surface area contributed by atoms with E-state index in [2.05, 4.69) is 19.2 Å². The van der Waals surface area contributed by atoms with Crippen LogP contribution in [0.4, 0.5) is 0 Å². The molecular weight excluding hydrogens is 356 g/mol. The van der Waals surface area contributed by atoms with Crippen LogP contribution in [0.5, 0.6) is 0 Å². The molecule has 6 nitrogen and oxygen atoms in total. The second-order valence-corrected chi connectivity index (χ2v) is 7.66. The maximum Gasteiger partial charge on any atom is 0.257 e. The van der Waals surface area contributed by atoms with E-state index in [0.29, 0.717) is 25.1 Å². The van der Waals surface area contributed by atoms with E-state index >= 15 is 0 Å². The number of rotatable bonds is 14. The third-order valence-electron chi connectivity index (χ3n) is 5.28. The van der Waals surface area contributed by atoms with Gasteiger partial charge in [-0.1, -0.05) is 46.5 Å². The maximum atomic E-state index is 12.5. The number of hydrogen-bond donors (Lipinski definition) is 1. The number of hydrogen-bond acceptors (Lipinski definition) is 4. The highest BCUT2D eigenvalue weighted by Gasteiger charge is 2.37. The van der Waals surface area contributed by atoms with E-state index in [1.807, 2.05) is 6.92 Å². The van der Waals surface area contributed by atoms with Crippen molar-refractivity contribution in [1.82, 2.24) is 10.2 Å². The zero-order chi connectivity index (χ0) is 20.9. The first-order chi connectivity index (χ1) is 13.5. The van der Waals surface area contributed by atoms with Crippen molar-refractivity contribution in [2.24, 2.45) is 5.92 Å². The fourth-order valence-corrected chi connectivity index (χ4v) is 3.47. The first-order valence-corrected chi connectivity index (χ1v) is 10.9. The lowest BCUT2D eigenvalue weighted by Crippen LogP contribution is -2.40. The summed E-state index contributed by atoms with van der Waals surface area (Å²) in [5.74, 6) is 0.318. The third-order valence-corrected chi connectivity index (χ3v) is 5.28. The number of nitrogens with zero attached hydrogens (tertiary/aromatic N) is 1. The molecule has 160 valence electrons. The number of amides is 3. The number of unbranched alkanes of at least 4 members (excludes halogenated alkanes) is 4. The van der Waals surface area contributed by atoms with Crippen molar-refractivity contribution in [2.75, 3.05) is 13.7 Å². The van der Waals surface area contributed by atoms with Crippen LogP contribution in [0.2, 0.25) is 0 Å². The minimum Gasteiger partial charge on any atom is -0.499 e. The Balaban J connectivity index is 2.44. The molecule has 0 spiro atoms. The lowest BCUT2D eigenvalue weighted by atomic mass is 10.0. The van der Waals surface area contributed by atoms with E-state index in [-0.39, 0.29) is 29.7 Å². The highest BCUT2D eigenvalue weighted by Crippen LogP contribution is 2.26. The molecule has 0 aromatic carbocycles. The second kappa shape index (κ2) is 13.3. The molecule has 0 bridgehead atoms. The molecule has 0 radical (unpaired) electrons. The molecule has 28 heavy (non-hydrogen) atoms. The molecule has 0 aromatic heterocycles. The van der Waals surface area contributed by atoms with E-state index in [9.17, 15) is 14.4 Å². The lowest BCUT2D eigenvalue weighted by Gasteiger charge is -2.25. The van der Waals surface area contributed by atoms with Gasteiger partial charge in [-0.15, -0.1) is 0 Å². The molecule has 1 rings (SSSR count). The van der Waals surface area contributed by atoms with Crippen molar-refractivity contribution < 1.29 is 19.1 Å². The van der Waals surface area contributed by atoms with Gasteiger partial charge in [0.2, 0.25) is 11.8 Å². The standard InChI is InChI=1S/C22H38N2O4/c1-5-7-9-14-20(25)24-18(19(28-4)16-21(24)26)13-10-11-15-23-22(27)17(3)12-8-6-2/h16-18H,5-15H2,1-4H3,(H,23,27).